The van der Waals surface area contributed by atoms with E-state index in [1.807, 2.05) is 58.2 Å². The molecule has 6 nitrogen and oxygen atoms in total. The van der Waals surface area contributed by atoms with E-state index in [0.29, 0.717) is 12.2 Å². The highest BCUT2D eigenvalue weighted by atomic mass is 16.2. The molecule has 0 fully saturated rings. The van der Waals surface area contributed by atoms with Crippen molar-refractivity contribution in [2.75, 3.05) is 25.0 Å². The molecule has 0 atom stereocenters. The molecule has 0 saturated carbocycles. The predicted molar refractivity (Wildman–Crippen MR) is 91.3 cm³/mol. The average molecular weight is 317 g/mol. The van der Waals surface area contributed by atoms with E-state index in [4.69, 9.17) is 0 Å². The van der Waals surface area contributed by atoms with Gasteiger partial charge in [0.15, 0.2) is 6.54 Å². The number of rotatable bonds is 6. The number of nitrogens with one attached hydrogen (secondary N) is 2. The zero-order chi connectivity index (χ0) is 17.0. The van der Waals surface area contributed by atoms with E-state index in [-0.39, 0.29) is 11.5 Å². The van der Waals surface area contributed by atoms with Gasteiger partial charge in [0.25, 0.3) is 11.5 Å². The van der Waals surface area contributed by atoms with Gasteiger partial charge in [0.05, 0.1) is 24.5 Å². The molecule has 2 N–H and O–H groups in total. The maximum absolute atomic E-state index is 12.7. The van der Waals surface area contributed by atoms with Crippen LogP contribution in [0.1, 0.15) is 19.5 Å². The van der Waals surface area contributed by atoms with Crippen LogP contribution in [0.5, 0.6) is 0 Å². The van der Waals surface area contributed by atoms with Crippen LogP contribution in [0.2, 0.25) is 0 Å². The second-order valence-corrected chi connectivity index (χ2v) is 5.62. The number of quaternary nitrogens is 1. The first kappa shape index (κ1) is 17.0. The first-order chi connectivity index (χ1) is 11.0. The van der Waals surface area contributed by atoms with Crippen molar-refractivity contribution >= 4 is 11.6 Å². The van der Waals surface area contributed by atoms with Crippen molar-refractivity contribution in [2.45, 2.75) is 20.8 Å². The van der Waals surface area contributed by atoms with Crippen molar-refractivity contribution in [3.63, 3.8) is 0 Å². The Morgan fingerprint density at radius 1 is 1.17 bits per heavy atom. The summed E-state index contributed by atoms with van der Waals surface area (Å²) >= 11 is 0. The van der Waals surface area contributed by atoms with Crippen LogP contribution in [0, 0.1) is 6.92 Å². The largest absolute Gasteiger partial charge is 0.328 e. The topological polar surface area (TPSA) is 60.5 Å². The standard InChI is InChI=1S/C17H24N4O2/c1-5-20(6-2)12-15(22)18-16-13(3)19(4)21(17(16)23)14-10-8-7-9-11-14/h7-11H,5-6,12H2,1-4H3,(H,18,22)/p+1. The fraction of sp³-hybridized carbons (Fsp3) is 0.412. The Labute approximate surface area is 136 Å². The summed E-state index contributed by atoms with van der Waals surface area (Å²) in [5, 5.41) is 2.79. The molecule has 6 heteroatoms. The molecule has 0 aliphatic heterocycles. The summed E-state index contributed by atoms with van der Waals surface area (Å²) < 4.78 is 3.33. The van der Waals surface area contributed by atoms with E-state index < -0.39 is 0 Å². The van der Waals surface area contributed by atoms with Crippen molar-refractivity contribution in [3.8, 4) is 5.69 Å². The zero-order valence-electron chi connectivity index (χ0n) is 14.2. The molecule has 1 amide bonds. The van der Waals surface area contributed by atoms with E-state index in [1.165, 1.54) is 4.90 Å². The van der Waals surface area contributed by atoms with E-state index in [1.54, 1.807) is 9.36 Å². The molecule has 0 spiro atoms. The van der Waals surface area contributed by atoms with Gasteiger partial charge in [-0.25, -0.2) is 4.68 Å². The Morgan fingerprint density at radius 3 is 2.35 bits per heavy atom. The number of anilines is 1. The second-order valence-electron chi connectivity index (χ2n) is 5.62. The van der Waals surface area contributed by atoms with Gasteiger partial charge >= 0.3 is 0 Å². The molecule has 0 saturated heterocycles. The lowest BCUT2D eigenvalue weighted by atomic mass is 10.3. The average Bonchev–Trinajstić information content (AvgIpc) is 2.77. The van der Waals surface area contributed by atoms with Gasteiger partial charge in [-0.3, -0.25) is 14.3 Å². The van der Waals surface area contributed by atoms with E-state index in [9.17, 15) is 9.59 Å². The summed E-state index contributed by atoms with van der Waals surface area (Å²) in [5.41, 5.74) is 1.66. The lowest BCUT2D eigenvalue weighted by molar-refractivity contribution is -0.888. The Hall–Kier alpha value is -2.34. The molecule has 23 heavy (non-hydrogen) atoms. The molecule has 0 aliphatic carbocycles. The molecular weight excluding hydrogens is 292 g/mol. The maximum Gasteiger partial charge on any atom is 0.295 e. The van der Waals surface area contributed by atoms with Crippen LogP contribution in [0.15, 0.2) is 35.1 Å². The number of nitrogens with zero attached hydrogens (tertiary/aromatic N) is 2. The third-order valence-corrected chi connectivity index (χ3v) is 4.23. The molecule has 0 aliphatic rings. The SMILES string of the molecule is CC[NH+](CC)CC(=O)Nc1c(C)n(C)n(-c2ccccc2)c1=O. The normalized spacial score (nSPS) is 11.0. The van der Waals surface area contributed by atoms with Crippen LogP contribution >= 0.6 is 0 Å². The summed E-state index contributed by atoms with van der Waals surface area (Å²) in [6.07, 6.45) is 0. The number of para-hydroxylation sites is 1. The zero-order valence-corrected chi connectivity index (χ0v) is 14.2. The fourth-order valence-corrected chi connectivity index (χ4v) is 2.62. The van der Waals surface area contributed by atoms with Crippen LogP contribution in [-0.4, -0.2) is 34.9 Å². The second kappa shape index (κ2) is 7.28. The van der Waals surface area contributed by atoms with Crippen molar-refractivity contribution < 1.29 is 9.69 Å². The summed E-state index contributed by atoms with van der Waals surface area (Å²) in [6.45, 7) is 8.05. The molecule has 124 valence electrons. The highest BCUT2D eigenvalue weighted by molar-refractivity contribution is 5.91. The fourth-order valence-electron chi connectivity index (χ4n) is 2.62. The van der Waals surface area contributed by atoms with Crippen LogP contribution in [-0.2, 0) is 11.8 Å². The maximum atomic E-state index is 12.7. The highest BCUT2D eigenvalue weighted by Crippen LogP contribution is 2.13. The van der Waals surface area contributed by atoms with Crippen LogP contribution < -0.4 is 15.8 Å². The first-order valence-corrected chi connectivity index (χ1v) is 7.97. The number of hydrogen-bond donors (Lipinski definition) is 2. The summed E-state index contributed by atoms with van der Waals surface area (Å²) in [7, 11) is 1.81. The quantitative estimate of drug-likeness (QED) is 0.807. The van der Waals surface area contributed by atoms with Gasteiger partial charge in [0, 0.05) is 7.05 Å². The minimum Gasteiger partial charge on any atom is -0.328 e. The van der Waals surface area contributed by atoms with Gasteiger partial charge in [0.2, 0.25) is 0 Å². The predicted octanol–water partition coefficient (Wildman–Crippen LogP) is 0.348. The van der Waals surface area contributed by atoms with E-state index >= 15 is 0 Å². The number of hydrogen-bond acceptors (Lipinski definition) is 2. The van der Waals surface area contributed by atoms with Crippen LogP contribution in [0.3, 0.4) is 0 Å². The number of likely N-dealkylation sites (N-methyl/N-ethyl adjacent to an activating group) is 1. The minimum atomic E-state index is -0.209. The molecule has 1 aromatic heterocycles. The van der Waals surface area contributed by atoms with Gasteiger partial charge in [-0.15, -0.1) is 0 Å². The van der Waals surface area contributed by atoms with Gasteiger partial charge in [-0.2, -0.15) is 0 Å². The van der Waals surface area contributed by atoms with Gasteiger partial charge in [0.1, 0.15) is 5.69 Å². The molecule has 2 aromatic rings. The number of aromatic nitrogens is 2. The molecule has 0 unspecified atom stereocenters. The smallest absolute Gasteiger partial charge is 0.295 e. The van der Waals surface area contributed by atoms with Crippen LogP contribution in [0.25, 0.3) is 5.69 Å². The monoisotopic (exact) mass is 317 g/mol. The minimum absolute atomic E-state index is 0.130. The van der Waals surface area contributed by atoms with E-state index in [0.717, 1.165) is 24.5 Å². The Morgan fingerprint density at radius 2 is 1.78 bits per heavy atom. The third kappa shape index (κ3) is 3.53. The molecule has 0 radical (unpaired) electrons. The van der Waals surface area contributed by atoms with E-state index in [2.05, 4.69) is 5.32 Å². The van der Waals surface area contributed by atoms with Gasteiger partial charge < -0.3 is 10.2 Å². The number of amides is 1. The highest BCUT2D eigenvalue weighted by Gasteiger charge is 2.19. The lowest BCUT2D eigenvalue weighted by Crippen LogP contribution is -3.12. The molecule has 0 bridgehead atoms. The summed E-state index contributed by atoms with van der Waals surface area (Å²) in [5.74, 6) is -0.130. The van der Waals surface area contributed by atoms with Crippen LogP contribution in [0.4, 0.5) is 5.69 Å². The van der Waals surface area contributed by atoms with Crippen molar-refractivity contribution in [1.82, 2.24) is 9.36 Å². The first-order valence-electron chi connectivity index (χ1n) is 7.97. The number of carbonyl (C=O) groups is 1. The van der Waals surface area contributed by atoms with Crippen molar-refractivity contribution in [3.05, 3.63) is 46.4 Å². The Bertz CT molecular complexity index is 727. The summed E-state index contributed by atoms with van der Waals surface area (Å²) in [6, 6.07) is 9.40. The Balaban J connectivity index is 2.31. The Kier molecular flexibility index (Phi) is 5.39. The van der Waals surface area contributed by atoms with Gasteiger partial charge in [-0.1, -0.05) is 18.2 Å². The molecular formula is C17H25N4O2+. The number of carbonyl (C=O) groups excluding carboxylic acids is 1. The van der Waals surface area contributed by atoms with Crippen molar-refractivity contribution in [1.29, 1.82) is 0 Å². The molecule has 1 aromatic carbocycles. The molecule has 2 rings (SSSR count). The lowest BCUT2D eigenvalue weighted by Gasteiger charge is -2.14. The number of benzene rings is 1. The molecule has 1 heterocycles. The van der Waals surface area contributed by atoms with Crippen molar-refractivity contribution in [2.24, 2.45) is 7.05 Å². The third-order valence-electron chi connectivity index (χ3n) is 4.23. The van der Waals surface area contributed by atoms with Gasteiger partial charge in [-0.05, 0) is 32.9 Å². The summed E-state index contributed by atoms with van der Waals surface area (Å²) in [4.78, 5) is 26.1.